The van der Waals surface area contributed by atoms with E-state index >= 15 is 0 Å². The first kappa shape index (κ1) is 22.0. The molecular weight excluding hydrogens is 404 g/mol. The summed E-state index contributed by atoms with van der Waals surface area (Å²) in [6.07, 6.45) is 6.12. The van der Waals surface area contributed by atoms with Gasteiger partial charge in [0, 0.05) is 30.1 Å². The summed E-state index contributed by atoms with van der Waals surface area (Å²) in [6, 6.07) is 0. The number of fused-ring (bicyclic) bond motifs is 7. The third-order valence-electron chi connectivity index (χ3n) is 11.8. The zero-order valence-corrected chi connectivity index (χ0v) is 20.3. The molecule has 0 aromatic heterocycles. The first-order valence-corrected chi connectivity index (χ1v) is 13.3. The highest BCUT2D eigenvalue weighted by Crippen LogP contribution is 2.70. The van der Waals surface area contributed by atoms with Crippen molar-refractivity contribution in [1.82, 2.24) is 0 Å². The van der Waals surface area contributed by atoms with Crippen molar-refractivity contribution in [3.8, 4) is 0 Å². The van der Waals surface area contributed by atoms with Gasteiger partial charge in [0.25, 0.3) is 0 Å². The van der Waals surface area contributed by atoms with E-state index < -0.39 is 18.0 Å². The lowest BCUT2D eigenvalue weighted by Gasteiger charge is -2.61. The lowest BCUT2D eigenvalue weighted by atomic mass is 9.43. The topological polar surface area (TPSA) is 76.0 Å². The molecule has 32 heavy (non-hydrogen) atoms. The van der Waals surface area contributed by atoms with Crippen LogP contribution in [-0.2, 0) is 14.3 Å². The predicted molar refractivity (Wildman–Crippen MR) is 120 cm³/mol. The van der Waals surface area contributed by atoms with Crippen LogP contribution in [0.3, 0.4) is 0 Å². The summed E-state index contributed by atoms with van der Waals surface area (Å²) < 4.78 is 13.2. The molecule has 2 aliphatic heterocycles. The van der Waals surface area contributed by atoms with Gasteiger partial charge in [-0.2, -0.15) is 0 Å². The second-order valence-electron chi connectivity index (χ2n) is 13.1. The summed E-state index contributed by atoms with van der Waals surface area (Å²) in [7, 11) is 0. The Balaban J connectivity index is 1.30. The van der Waals surface area contributed by atoms with E-state index in [0.29, 0.717) is 54.6 Å². The van der Waals surface area contributed by atoms with Gasteiger partial charge in [-0.3, -0.25) is 4.79 Å². The van der Waals surface area contributed by atoms with E-state index in [-0.39, 0.29) is 28.8 Å². The number of rotatable bonds is 0. The molecule has 2 N–H and O–H groups in total. The normalized spacial score (nSPS) is 61.8. The second-order valence-corrected chi connectivity index (χ2v) is 13.1. The van der Waals surface area contributed by atoms with Gasteiger partial charge in [0.15, 0.2) is 5.79 Å². The number of Topliss-reactive ketones (excluding diaryl/α,β-unsaturated/α-hetero) is 1. The quantitative estimate of drug-likeness (QED) is 0.589. The van der Waals surface area contributed by atoms with Crippen LogP contribution in [0.1, 0.15) is 79.1 Å². The lowest BCUT2D eigenvalue weighted by molar-refractivity contribution is -0.272. The molecule has 1 spiro atoms. The van der Waals surface area contributed by atoms with Crippen LogP contribution >= 0.6 is 0 Å². The van der Waals surface area contributed by atoms with Gasteiger partial charge in [0.2, 0.25) is 0 Å². The molecule has 0 unspecified atom stereocenters. The number of aliphatic hydroxyl groups excluding tert-OH is 2. The summed E-state index contributed by atoms with van der Waals surface area (Å²) in [5, 5.41) is 20.8. The molecule has 2 saturated heterocycles. The van der Waals surface area contributed by atoms with Crippen LogP contribution < -0.4 is 0 Å². The van der Waals surface area contributed by atoms with Crippen molar-refractivity contribution < 1.29 is 24.5 Å². The van der Waals surface area contributed by atoms with E-state index in [1.54, 1.807) is 0 Å². The summed E-state index contributed by atoms with van der Waals surface area (Å²) in [4.78, 5) is 14.0. The Hall–Kier alpha value is -0.490. The Kier molecular flexibility index (Phi) is 4.83. The summed E-state index contributed by atoms with van der Waals surface area (Å²) in [5.41, 5.74) is -0.371. The first-order valence-electron chi connectivity index (χ1n) is 13.3. The average Bonchev–Trinajstić information content (AvgIpc) is 3.19. The summed E-state index contributed by atoms with van der Waals surface area (Å²) >= 11 is 0. The first-order chi connectivity index (χ1) is 15.1. The Morgan fingerprint density at radius 2 is 1.78 bits per heavy atom. The van der Waals surface area contributed by atoms with Gasteiger partial charge >= 0.3 is 0 Å². The summed E-state index contributed by atoms with van der Waals surface area (Å²) in [5.74, 6) is 2.64. The van der Waals surface area contributed by atoms with Crippen molar-refractivity contribution in [2.45, 2.75) is 103 Å². The smallest absolute Gasteiger partial charge is 0.171 e. The zero-order chi connectivity index (χ0) is 22.6. The molecule has 180 valence electrons. The highest BCUT2D eigenvalue weighted by Gasteiger charge is 2.71. The number of hydrogen-bond donors (Lipinski definition) is 2. The van der Waals surface area contributed by atoms with Crippen LogP contribution in [0.4, 0.5) is 0 Å². The highest BCUT2D eigenvalue weighted by molar-refractivity contribution is 5.87. The van der Waals surface area contributed by atoms with Crippen LogP contribution in [-0.4, -0.2) is 46.7 Å². The molecule has 0 aromatic rings. The highest BCUT2D eigenvalue weighted by atomic mass is 16.7. The summed E-state index contributed by atoms with van der Waals surface area (Å²) in [6.45, 7) is 9.86. The van der Waals surface area contributed by atoms with Crippen molar-refractivity contribution in [3.05, 3.63) is 0 Å². The van der Waals surface area contributed by atoms with E-state index in [2.05, 4.69) is 27.7 Å². The molecule has 6 aliphatic rings. The predicted octanol–water partition coefficient (Wildman–Crippen LogP) is 3.94. The van der Waals surface area contributed by atoms with Gasteiger partial charge in [-0.1, -0.05) is 27.7 Å². The molecule has 2 heterocycles. The van der Waals surface area contributed by atoms with Crippen LogP contribution in [0.25, 0.3) is 0 Å². The molecule has 0 bridgehead atoms. The molecule has 6 fully saturated rings. The zero-order valence-electron chi connectivity index (χ0n) is 20.3. The fourth-order valence-electron chi connectivity index (χ4n) is 9.97. The van der Waals surface area contributed by atoms with Crippen molar-refractivity contribution in [2.24, 2.45) is 52.3 Å². The minimum absolute atomic E-state index is 0.0490. The Labute approximate surface area is 192 Å². The van der Waals surface area contributed by atoms with Gasteiger partial charge in [-0.25, -0.2) is 0 Å². The number of hydrogen-bond acceptors (Lipinski definition) is 5. The minimum atomic E-state index is -0.657. The minimum Gasteiger partial charge on any atom is -0.390 e. The third-order valence-corrected chi connectivity index (χ3v) is 11.8. The van der Waals surface area contributed by atoms with E-state index in [1.165, 1.54) is 0 Å². The second kappa shape index (κ2) is 7.02. The largest absolute Gasteiger partial charge is 0.390 e. The van der Waals surface area contributed by atoms with Gasteiger partial charge in [0.05, 0.1) is 24.9 Å². The Bertz CT molecular complexity index is 789. The monoisotopic (exact) mass is 446 g/mol. The molecule has 0 aromatic carbocycles. The van der Waals surface area contributed by atoms with Crippen molar-refractivity contribution in [3.63, 3.8) is 0 Å². The molecule has 13 atom stereocenters. The van der Waals surface area contributed by atoms with Crippen LogP contribution in [0.15, 0.2) is 0 Å². The number of ketones is 1. The number of carbonyl (C=O) groups excluding carboxylic acids is 1. The van der Waals surface area contributed by atoms with Gasteiger partial charge in [0.1, 0.15) is 5.78 Å². The Morgan fingerprint density at radius 3 is 2.50 bits per heavy atom. The lowest BCUT2D eigenvalue weighted by Crippen LogP contribution is -2.59. The van der Waals surface area contributed by atoms with Crippen molar-refractivity contribution in [2.75, 3.05) is 6.61 Å². The van der Waals surface area contributed by atoms with Gasteiger partial charge in [-0.05, 0) is 73.5 Å². The molecule has 0 amide bonds. The van der Waals surface area contributed by atoms with Crippen LogP contribution in [0.2, 0.25) is 0 Å². The van der Waals surface area contributed by atoms with Gasteiger partial charge in [-0.15, -0.1) is 0 Å². The third kappa shape index (κ3) is 2.69. The van der Waals surface area contributed by atoms with E-state index in [1.807, 2.05) is 0 Å². The standard InChI is InChI=1S/C27H42O5/c1-14-7-8-27(31-13-14)15(2)24-22(32-27)10-19-17-6-5-16-9-20(28)21(29)12-25(16,3)18(17)11-23(30)26(19,24)4/h14-22,24,28-29H,5-13H2,1-4H3/t14-,15-,16-,17+,18-,19-,20-,21+,22-,24-,25-,26+,27+/m0/s1. The maximum atomic E-state index is 14.0. The molecule has 0 radical (unpaired) electrons. The Morgan fingerprint density at radius 1 is 1.00 bits per heavy atom. The molecule has 6 rings (SSSR count). The van der Waals surface area contributed by atoms with E-state index in [0.717, 1.165) is 38.7 Å². The molecular formula is C27H42O5. The SMILES string of the molecule is C[C@H]1CC[C@@]2(OC1)O[C@H]1C[C@H]3[C@@H]4CC[C@H]5C[C@H](O)[C@H](O)C[C@]5(C)[C@H]4CC(=O)[C@]3(C)[C@H]1[C@@H]2C. The molecule has 5 nitrogen and oxygen atoms in total. The average molecular weight is 447 g/mol. The van der Waals surface area contributed by atoms with Crippen molar-refractivity contribution in [1.29, 1.82) is 0 Å². The van der Waals surface area contributed by atoms with Crippen LogP contribution in [0.5, 0.6) is 0 Å². The van der Waals surface area contributed by atoms with Crippen molar-refractivity contribution >= 4 is 5.78 Å². The molecule has 4 aliphatic carbocycles. The molecule has 4 saturated carbocycles. The fraction of sp³-hybridized carbons (Fsp3) is 0.963. The molecule has 5 heteroatoms. The maximum absolute atomic E-state index is 14.0. The van der Waals surface area contributed by atoms with Gasteiger partial charge < -0.3 is 19.7 Å². The van der Waals surface area contributed by atoms with E-state index in [9.17, 15) is 15.0 Å². The van der Waals surface area contributed by atoms with E-state index in [4.69, 9.17) is 9.47 Å². The van der Waals surface area contributed by atoms with Crippen LogP contribution in [0, 0.1) is 52.3 Å². The maximum Gasteiger partial charge on any atom is 0.171 e. The number of aliphatic hydroxyl groups is 2. The number of carbonyl (C=O) groups is 1. The fourth-order valence-corrected chi connectivity index (χ4v) is 9.97. The number of ether oxygens (including phenoxy) is 2.